The minimum Gasteiger partial charge on any atom is -0.321 e. The zero-order chi connectivity index (χ0) is 16.1. The number of pyridine rings is 1. The van der Waals surface area contributed by atoms with Gasteiger partial charge in [-0.1, -0.05) is 41.6 Å². The molecule has 1 amide bonds. The lowest BCUT2D eigenvalue weighted by molar-refractivity contribution is 0.102. The number of thioether (sulfide) groups is 1. The smallest absolute Gasteiger partial charge is 0.256 e. The Morgan fingerprint density at radius 2 is 2.09 bits per heavy atom. The summed E-state index contributed by atoms with van der Waals surface area (Å²) in [7, 11) is 0. The molecular weight excluding hydrogens is 334 g/mol. The molecule has 3 rings (SSSR count). The summed E-state index contributed by atoms with van der Waals surface area (Å²) in [6, 6.07) is 10.8. The van der Waals surface area contributed by atoms with Gasteiger partial charge in [0.1, 0.15) is 11.5 Å². The third-order valence-electron chi connectivity index (χ3n) is 3.00. The summed E-state index contributed by atoms with van der Waals surface area (Å²) in [6.45, 7) is 0. The molecule has 0 unspecified atom stereocenters. The second kappa shape index (κ2) is 7.26. The van der Waals surface area contributed by atoms with E-state index in [4.69, 9.17) is 11.6 Å². The van der Waals surface area contributed by atoms with E-state index < -0.39 is 0 Å². The molecular formula is C15H12ClN5OS. The number of hydrogen-bond acceptors (Lipinski definition) is 5. The normalized spacial score (nSPS) is 10.5. The van der Waals surface area contributed by atoms with Gasteiger partial charge in [-0.05, 0) is 23.8 Å². The highest BCUT2D eigenvalue weighted by Crippen LogP contribution is 2.22. The average molecular weight is 346 g/mol. The Morgan fingerprint density at radius 3 is 2.83 bits per heavy atom. The van der Waals surface area contributed by atoms with Gasteiger partial charge < -0.3 is 5.32 Å². The Bertz CT molecular complexity index is 792. The topological polar surface area (TPSA) is 83.6 Å². The van der Waals surface area contributed by atoms with Crippen molar-refractivity contribution in [2.45, 2.75) is 10.9 Å². The van der Waals surface area contributed by atoms with Crippen molar-refractivity contribution in [1.82, 2.24) is 20.2 Å². The van der Waals surface area contributed by atoms with Gasteiger partial charge in [0.2, 0.25) is 0 Å². The van der Waals surface area contributed by atoms with Gasteiger partial charge in [-0.2, -0.15) is 5.10 Å². The van der Waals surface area contributed by atoms with Gasteiger partial charge in [0.05, 0.1) is 11.9 Å². The Kier molecular flexibility index (Phi) is 4.89. The fraction of sp³-hybridized carbons (Fsp3) is 0.0667. The molecule has 0 atom stereocenters. The molecule has 23 heavy (non-hydrogen) atoms. The summed E-state index contributed by atoms with van der Waals surface area (Å²) in [4.78, 5) is 20.5. The van der Waals surface area contributed by atoms with Crippen LogP contribution in [0.5, 0.6) is 0 Å². The number of rotatable bonds is 5. The number of halogens is 1. The van der Waals surface area contributed by atoms with Gasteiger partial charge in [-0.15, -0.1) is 0 Å². The third kappa shape index (κ3) is 4.08. The van der Waals surface area contributed by atoms with Crippen LogP contribution in [0.4, 0.5) is 5.69 Å². The third-order valence-corrected chi connectivity index (χ3v) is 4.15. The van der Waals surface area contributed by atoms with Crippen molar-refractivity contribution < 1.29 is 4.79 Å². The molecule has 0 aliphatic heterocycles. The van der Waals surface area contributed by atoms with Gasteiger partial charge in [0, 0.05) is 11.3 Å². The minimum absolute atomic E-state index is 0.192. The summed E-state index contributed by atoms with van der Waals surface area (Å²) in [5, 5.41) is 10.5. The highest BCUT2D eigenvalue weighted by atomic mass is 35.5. The van der Waals surface area contributed by atoms with Gasteiger partial charge in [-0.3, -0.25) is 9.89 Å². The van der Waals surface area contributed by atoms with Crippen molar-refractivity contribution in [1.29, 1.82) is 0 Å². The molecule has 2 aromatic heterocycles. The summed E-state index contributed by atoms with van der Waals surface area (Å²) >= 11 is 7.22. The zero-order valence-corrected chi connectivity index (χ0v) is 13.4. The Balaban J connectivity index is 1.73. The number of carbonyl (C=O) groups excluding carboxylic acids is 1. The van der Waals surface area contributed by atoms with Crippen LogP contribution in [-0.2, 0) is 5.75 Å². The van der Waals surface area contributed by atoms with Crippen LogP contribution < -0.4 is 5.32 Å². The zero-order valence-electron chi connectivity index (χ0n) is 11.9. The molecule has 0 aliphatic rings. The highest BCUT2D eigenvalue weighted by Gasteiger charge is 2.12. The first kappa shape index (κ1) is 15.5. The average Bonchev–Trinajstić information content (AvgIpc) is 3.09. The number of hydrogen-bond donors (Lipinski definition) is 2. The van der Waals surface area contributed by atoms with Gasteiger partial charge in [0.15, 0.2) is 5.16 Å². The second-order valence-electron chi connectivity index (χ2n) is 4.56. The molecule has 0 fully saturated rings. The lowest BCUT2D eigenvalue weighted by Crippen LogP contribution is -2.14. The van der Waals surface area contributed by atoms with E-state index in [1.807, 2.05) is 18.2 Å². The highest BCUT2D eigenvalue weighted by molar-refractivity contribution is 7.98. The first-order chi connectivity index (χ1) is 11.2. The first-order valence-electron chi connectivity index (χ1n) is 6.71. The number of aromatic nitrogens is 4. The van der Waals surface area contributed by atoms with Crippen LogP contribution in [0.3, 0.4) is 0 Å². The van der Waals surface area contributed by atoms with E-state index in [-0.39, 0.29) is 5.91 Å². The van der Waals surface area contributed by atoms with Gasteiger partial charge in [-0.25, -0.2) is 9.97 Å². The molecule has 3 aromatic rings. The number of benzene rings is 1. The maximum Gasteiger partial charge on any atom is 0.256 e. The number of nitrogens with one attached hydrogen (secondary N) is 2. The van der Waals surface area contributed by atoms with Crippen LogP contribution in [0.1, 0.15) is 15.9 Å². The number of anilines is 1. The van der Waals surface area contributed by atoms with E-state index in [0.29, 0.717) is 27.3 Å². The van der Waals surface area contributed by atoms with E-state index in [1.54, 1.807) is 18.2 Å². The van der Waals surface area contributed by atoms with E-state index >= 15 is 0 Å². The summed E-state index contributed by atoms with van der Waals surface area (Å²) in [5.41, 5.74) is 2.11. The van der Waals surface area contributed by atoms with E-state index in [9.17, 15) is 4.79 Å². The minimum atomic E-state index is -0.192. The van der Waals surface area contributed by atoms with Crippen LogP contribution in [0.25, 0.3) is 0 Å². The number of aromatic amines is 1. The Morgan fingerprint density at radius 1 is 1.22 bits per heavy atom. The van der Waals surface area contributed by atoms with Crippen LogP contribution in [0, 0.1) is 0 Å². The van der Waals surface area contributed by atoms with Crippen molar-refractivity contribution in [2.24, 2.45) is 0 Å². The quantitative estimate of drug-likeness (QED) is 0.547. The number of nitrogens with zero attached hydrogens (tertiary/aromatic N) is 3. The first-order valence-corrected chi connectivity index (χ1v) is 8.08. The molecule has 0 radical (unpaired) electrons. The Hall–Kier alpha value is -2.38. The maximum atomic E-state index is 12.5. The SMILES string of the molecule is O=C(Nc1ccc(Cl)nc1)c1ccccc1CSc1ncn[nH]1. The Labute approximate surface area is 141 Å². The molecule has 116 valence electrons. The molecule has 0 spiro atoms. The number of H-pyrrole nitrogens is 1. The van der Waals surface area contributed by atoms with Crippen LogP contribution in [-0.4, -0.2) is 26.1 Å². The monoisotopic (exact) mass is 345 g/mol. The maximum absolute atomic E-state index is 12.5. The molecule has 8 heteroatoms. The lowest BCUT2D eigenvalue weighted by Gasteiger charge is -2.09. The predicted molar refractivity (Wildman–Crippen MR) is 89.6 cm³/mol. The lowest BCUT2D eigenvalue weighted by atomic mass is 10.1. The van der Waals surface area contributed by atoms with Crippen molar-refractivity contribution >= 4 is 35.0 Å². The fourth-order valence-electron chi connectivity index (χ4n) is 1.93. The summed E-state index contributed by atoms with van der Waals surface area (Å²) < 4.78 is 0. The fourth-order valence-corrected chi connectivity index (χ4v) is 2.82. The molecule has 0 saturated heterocycles. The van der Waals surface area contributed by atoms with E-state index in [0.717, 1.165) is 5.56 Å². The standard InChI is InChI=1S/C15H12ClN5OS/c16-13-6-5-11(7-17-13)20-14(22)12-4-2-1-3-10(12)8-23-15-18-9-19-21-15/h1-7,9H,8H2,(H,20,22)(H,18,19,21). The molecule has 0 aliphatic carbocycles. The molecule has 6 nitrogen and oxygen atoms in total. The summed E-state index contributed by atoms with van der Waals surface area (Å²) in [6.07, 6.45) is 2.97. The summed E-state index contributed by atoms with van der Waals surface area (Å²) in [5.74, 6) is 0.417. The van der Waals surface area contributed by atoms with E-state index in [1.165, 1.54) is 24.3 Å². The van der Waals surface area contributed by atoms with Crippen LogP contribution >= 0.6 is 23.4 Å². The van der Waals surface area contributed by atoms with E-state index in [2.05, 4.69) is 25.5 Å². The largest absolute Gasteiger partial charge is 0.321 e. The molecule has 2 N–H and O–H groups in total. The van der Waals surface area contributed by atoms with Gasteiger partial charge in [0.25, 0.3) is 5.91 Å². The number of carbonyl (C=O) groups is 1. The molecule has 2 heterocycles. The number of amides is 1. The van der Waals surface area contributed by atoms with Crippen LogP contribution in [0.2, 0.25) is 5.15 Å². The second-order valence-corrected chi connectivity index (χ2v) is 5.91. The van der Waals surface area contributed by atoms with Crippen LogP contribution in [0.15, 0.2) is 54.1 Å². The predicted octanol–water partition coefficient (Wildman–Crippen LogP) is 3.40. The van der Waals surface area contributed by atoms with Crippen molar-refractivity contribution in [2.75, 3.05) is 5.32 Å². The molecule has 1 aromatic carbocycles. The molecule has 0 saturated carbocycles. The van der Waals surface area contributed by atoms with Gasteiger partial charge >= 0.3 is 0 Å². The molecule has 0 bridgehead atoms. The van der Waals surface area contributed by atoms with Crippen molar-refractivity contribution in [3.63, 3.8) is 0 Å². The van der Waals surface area contributed by atoms with Crippen molar-refractivity contribution in [3.8, 4) is 0 Å². The van der Waals surface area contributed by atoms with Crippen molar-refractivity contribution in [3.05, 3.63) is 65.2 Å².